The smallest absolute Gasteiger partial charge is 0.305 e. The number of carbonyl (C=O) groups excluding carboxylic acids is 1. The van der Waals surface area contributed by atoms with Gasteiger partial charge in [-0.15, -0.1) is 11.8 Å². The van der Waals surface area contributed by atoms with Gasteiger partial charge < -0.3 is 9.47 Å². The van der Waals surface area contributed by atoms with E-state index in [0.717, 1.165) is 25.7 Å². The second-order valence-corrected chi connectivity index (χ2v) is 6.11. The van der Waals surface area contributed by atoms with Crippen LogP contribution in [0.2, 0.25) is 0 Å². The van der Waals surface area contributed by atoms with Crippen molar-refractivity contribution in [3.63, 3.8) is 0 Å². The minimum absolute atomic E-state index is 0.0926. The van der Waals surface area contributed by atoms with Gasteiger partial charge in [0.2, 0.25) is 0 Å². The molecule has 0 saturated carbocycles. The number of esters is 1. The van der Waals surface area contributed by atoms with E-state index in [1.807, 2.05) is 0 Å². The zero-order valence-electron chi connectivity index (χ0n) is 14.4. The highest BCUT2D eigenvalue weighted by molar-refractivity contribution is 5.68. The van der Waals surface area contributed by atoms with E-state index in [2.05, 4.69) is 23.5 Å². The molecule has 1 heterocycles. The number of rotatable bonds is 12. The van der Waals surface area contributed by atoms with E-state index in [0.29, 0.717) is 18.6 Å². The second kappa shape index (κ2) is 12.5. The van der Waals surface area contributed by atoms with E-state index in [1.54, 1.807) is 0 Å². The van der Waals surface area contributed by atoms with Crippen LogP contribution in [-0.4, -0.2) is 25.3 Å². The van der Waals surface area contributed by atoms with Gasteiger partial charge in [-0.2, -0.15) is 0 Å². The van der Waals surface area contributed by atoms with Gasteiger partial charge in [0.15, 0.2) is 0 Å². The highest BCUT2D eigenvalue weighted by Crippen LogP contribution is 2.29. The summed E-state index contributed by atoms with van der Waals surface area (Å²) < 4.78 is 10.3. The van der Waals surface area contributed by atoms with Crippen molar-refractivity contribution < 1.29 is 14.3 Å². The lowest BCUT2D eigenvalue weighted by Gasteiger charge is -2.00. The molecule has 1 rings (SSSR count). The zero-order chi connectivity index (χ0) is 16.0. The van der Waals surface area contributed by atoms with E-state index in [9.17, 15) is 4.79 Å². The van der Waals surface area contributed by atoms with Gasteiger partial charge in [-0.05, 0) is 19.3 Å². The summed E-state index contributed by atoms with van der Waals surface area (Å²) in [6.07, 6.45) is 14.0. The maximum Gasteiger partial charge on any atom is 0.305 e. The summed E-state index contributed by atoms with van der Waals surface area (Å²) >= 11 is 0. The molecule has 22 heavy (non-hydrogen) atoms. The predicted molar refractivity (Wildman–Crippen MR) is 89.5 cm³/mol. The lowest BCUT2D eigenvalue weighted by Crippen LogP contribution is -1.99. The first-order chi connectivity index (χ1) is 10.8. The first-order valence-electron chi connectivity index (χ1n) is 8.96. The Kier molecular flexibility index (Phi) is 10.8. The monoisotopic (exact) mass is 308 g/mol. The van der Waals surface area contributed by atoms with Crippen LogP contribution in [0.1, 0.15) is 84.0 Å². The molecule has 1 fully saturated rings. The molecule has 0 radical (unpaired) electrons. The van der Waals surface area contributed by atoms with E-state index in [1.165, 1.54) is 52.1 Å². The normalized spacial score (nSPS) is 19.4. The number of hydrogen-bond acceptors (Lipinski definition) is 3. The summed E-state index contributed by atoms with van der Waals surface area (Å²) in [7, 11) is 1.45. The molecule has 0 aliphatic carbocycles. The average molecular weight is 308 g/mol. The third kappa shape index (κ3) is 9.84. The Morgan fingerprint density at radius 2 is 1.77 bits per heavy atom. The first-order valence-corrected chi connectivity index (χ1v) is 8.96. The molecule has 0 amide bonds. The fourth-order valence-corrected chi connectivity index (χ4v) is 2.58. The Bertz CT molecular complexity index is 353. The summed E-state index contributed by atoms with van der Waals surface area (Å²) in [5.74, 6) is 6.41. The Morgan fingerprint density at radius 1 is 1.00 bits per heavy atom. The summed E-state index contributed by atoms with van der Waals surface area (Å²) in [5, 5.41) is 0. The van der Waals surface area contributed by atoms with Gasteiger partial charge in [-0.3, -0.25) is 4.79 Å². The van der Waals surface area contributed by atoms with Crippen LogP contribution in [0.5, 0.6) is 0 Å². The molecule has 0 aromatic carbocycles. The van der Waals surface area contributed by atoms with Crippen molar-refractivity contribution in [1.82, 2.24) is 0 Å². The van der Waals surface area contributed by atoms with E-state index >= 15 is 0 Å². The molecule has 1 aliphatic rings. The number of epoxide rings is 1. The van der Waals surface area contributed by atoms with Gasteiger partial charge in [0.25, 0.3) is 0 Å². The molecule has 0 N–H and O–H groups in total. The van der Waals surface area contributed by atoms with E-state index < -0.39 is 0 Å². The fourth-order valence-electron chi connectivity index (χ4n) is 2.58. The second-order valence-electron chi connectivity index (χ2n) is 6.11. The van der Waals surface area contributed by atoms with Crippen molar-refractivity contribution in [3.05, 3.63) is 0 Å². The molecular weight excluding hydrogens is 276 g/mol. The van der Waals surface area contributed by atoms with Crippen LogP contribution in [0.3, 0.4) is 0 Å². The van der Waals surface area contributed by atoms with Crippen molar-refractivity contribution in [3.8, 4) is 11.8 Å². The molecule has 1 saturated heterocycles. The van der Waals surface area contributed by atoms with Crippen molar-refractivity contribution in [2.45, 2.75) is 96.2 Å². The SMILES string of the molecule is CCCCCC#CCC1OC1CCCCCCCC(=O)OC. The Balaban J connectivity index is 1.84. The predicted octanol–water partition coefficient (Wildman–Crippen LogP) is 4.63. The minimum Gasteiger partial charge on any atom is -0.469 e. The maximum absolute atomic E-state index is 10.9. The third-order valence-electron chi connectivity index (χ3n) is 4.12. The molecule has 3 nitrogen and oxygen atoms in total. The number of carbonyl (C=O) groups is 1. The minimum atomic E-state index is -0.0926. The molecule has 0 aromatic rings. The number of hydrogen-bond donors (Lipinski definition) is 0. The van der Waals surface area contributed by atoms with Crippen molar-refractivity contribution >= 4 is 5.97 Å². The van der Waals surface area contributed by atoms with Gasteiger partial charge in [0, 0.05) is 19.3 Å². The highest BCUT2D eigenvalue weighted by Gasteiger charge is 2.36. The molecule has 0 aromatic heterocycles. The van der Waals surface area contributed by atoms with E-state index in [4.69, 9.17) is 4.74 Å². The zero-order valence-corrected chi connectivity index (χ0v) is 14.4. The molecule has 2 unspecified atom stereocenters. The van der Waals surface area contributed by atoms with Crippen LogP contribution in [0.15, 0.2) is 0 Å². The molecule has 0 bridgehead atoms. The summed E-state index contributed by atoms with van der Waals surface area (Å²) in [6.45, 7) is 2.22. The van der Waals surface area contributed by atoms with Crippen LogP contribution in [0.25, 0.3) is 0 Å². The lowest BCUT2D eigenvalue weighted by molar-refractivity contribution is -0.140. The van der Waals surface area contributed by atoms with Crippen LogP contribution in [0.4, 0.5) is 0 Å². The number of methoxy groups -OCH3 is 1. The highest BCUT2D eigenvalue weighted by atomic mass is 16.6. The molecular formula is C19H32O3. The van der Waals surface area contributed by atoms with Crippen molar-refractivity contribution in [2.24, 2.45) is 0 Å². The standard InChI is InChI=1S/C19H32O3/c1-3-4-5-6-8-11-14-17-18(22-17)15-12-9-7-10-13-16-19(20)21-2/h17-18H,3-7,9-10,12-16H2,1-2H3. The van der Waals surface area contributed by atoms with Crippen LogP contribution in [0, 0.1) is 11.8 Å². The van der Waals surface area contributed by atoms with Crippen LogP contribution < -0.4 is 0 Å². The molecule has 0 spiro atoms. The van der Waals surface area contributed by atoms with E-state index in [-0.39, 0.29) is 5.97 Å². The quantitative estimate of drug-likeness (QED) is 0.228. The maximum atomic E-state index is 10.9. The number of unbranched alkanes of at least 4 members (excludes halogenated alkanes) is 7. The fraction of sp³-hybridized carbons (Fsp3) is 0.842. The Labute approximate surface area is 136 Å². The topological polar surface area (TPSA) is 38.8 Å². The van der Waals surface area contributed by atoms with Gasteiger partial charge in [0.1, 0.15) is 0 Å². The molecule has 126 valence electrons. The van der Waals surface area contributed by atoms with Gasteiger partial charge in [-0.1, -0.05) is 45.4 Å². The van der Waals surface area contributed by atoms with Gasteiger partial charge >= 0.3 is 5.97 Å². The lowest BCUT2D eigenvalue weighted by atomic mass is 10.1. The summed E-state index contributed by atoms with van der Waals surface area (Å²) in [5.41, 5.74) is 0. The van der Waals surface area contributed by atoms with Crippen molar-refractivity contribution in [1.29, 1.82) is 0 Å². The van der Waals surface area contributed by atoms with Crippen LogP contribution in [-0.2, 0) is 14.3 Å². The van der Waals surface area contributed by atoms with Crippen LogP contribution >= 0.6 is 0 Å². The Hall–Kier alpha value is -1.01. The number of ether oxygens (including phenoxy) is 2. The van der Waals surface area contributed by atoms with Crippen molar-refractivity contribution in [2.75, 3.05) is 7.11 Å². The first kappa shape index (κ1) is 19.0. The third-order valence-corrected chi connectivity index (χ3v) is 4.12. The van der Waals surface area contributed by atoms with Gasteiger partial charge in [-0.25, -0.2) is 0 Å². The molecule has 2 atom stereocenters. The molecule has 1 aliphatic heterocycles. The molecule has 3 heteroatoms. The largest absolute Gasteiger partial charge is 0.469 e. The summed E-state index contributed by atoms with van der Waals surface area (Å²) in [6, 6.07) is 0. The Morgan fingerprint density at radius 3 is 2.55 bits per heavy atom. The average Bonchev–Trinajstić information content (AvgIpc) is 3.28. The summed E-state index contributed by atoms with van der Waals surface area (Å²) in [4.78, 5) is 10.9. The van der Waals surface area contributed by atoms with Gasteiger partial charge in [0.05, 0.1) is 19.3 Å².